The highest BCUT2D eigenvalue weighted by atomic mass is 32.2. The van der Waals surface area contributed by atoms with E-state index in [0.29, 0.717) is 16.6 Å². The van der Waals surface area contributed by atoms with E-state index in [2.05, 4.69) is 20.1 Å². The second-order valence-electron chi connectivity index (χ2n) is 4.39. The van der Waals surface area contributed by atoms with Crippen LogP contribution in [0.5, 0.6) is 0 Å². The summed E-state index contributed by atoms with van der Waals surface area (Å²) >= 11 is 0. The Morgan fingerprint density at radius 1 is 1.30 bits per heavy atom. The molecule has 0 spiro atoms. The van der Waals surface area contributed by atoms with Gasteiger partial charge in [-0.3, -0.25) is 0 Å². The molecule has 2 heterocycles. The lowest BCUT2D eigenvalue weighted by Crippen LogP contribution is -2.02. The van der Waals surface area contributed by atoms with Crippen LogP contribution in [0.4, 0.5) is 0 Å². The summed E-state index contributed by atoms with van der Waals surface area (Å²) in [5.41, 5.74) is 1.33. The first-order valence-electron chi connectivity index (χ1n) is 5.64. The third-order valence-electron chi connectivity index (χ3n) is 2.64. The van der Waals surface area contributed by atoms with Gasteiger partial charge in [-0.05, 0) is 12.1 Å². The molecule has 1 aromatic carbocycles. The molecule has 0 radical (unpaired) electrons. The standard InChI is InChI=1S/C11H10N4O4S/c1-20(17,18)5-8-13-10(19-15-8)6-3-2-4-7-9(6)14-11(16)12-7/h2-4H,5H2,1H3,(H2,12,14,16). The minimum atomic E-state index is -3.23. The molecule has 0 aliphatic rings. The first kappa shape index (κ1) is 12.6. The number of nitrogens with zero attached hydrogens (tertiary/aromatic N) is 2. The number of hydrogen-bond acceptors (Lipinski definition) is 6. The second-order valence-corrected chi connectivity index (χ2v) is 6.53. The van der Waals surface area contributed by atoms with Gasteiger partial charge in [0.1, 0.15) is 5.75 Å². The van der Waals surface area contributed by atoms with Gasteiger partial charge in [0.05, 0.1) is 16.6 Å². The maximum absolute atomic E-state index is 11.3. The SMILES string of the molecule is CS(=O)(=O)Cc1noc(-c2cccc3[nH]c(=O)[nH]c23)n1. The summed E-state index contributed by atoms with van der Waals surface area (Å²) in [5.74, 6) is -0.0576. The summed E-state index contributed by atoms with van der Waals surface area (Å²) in [6, 6.07) is 5.15. The number of hydrogen-bond donors (Lipinski definition) is 2. The van der Waals surface area contributed by atoms with Crippen LogP contribution in [0.3, 0.4) is 0 Å². The number of imidazole rings is 1. The lowest BCUT2D eigenvalue weighted by atomic mass is 10.2. The summed E-state index contributed by atoms with van der Waals surface area (Å²) in [4.78, 5) is 20.6. The number of fused-ring (bicyclic) bond motifs is 1. The molecule has 0 saturated heterocycles. The van der Waals surface area contributed by atoms with Gasteiger partial charge in [-0.15, -0.1) is 0 Å². The van der Waals surface area contributed by atoms with Crippen LogP contribution in [0.25, 0.3) is 22.5 Å². The van der Waals surface area contributed by atoms with Crippen molar-refractivity contribution >= 4 is 20.9 Å². The Balaban J connectivity index is 2.10. The average molecular weight is 294 g/mol. The van der Waals surface area contributed by atoms with Crippen molar-refractivity contribution in [1.82, 2.24) is 20.1 Å². The maximum Gasteiger partial charge on any atom is 0.323 e. The van der Waals surface area contributed by atoms with Gasteiger partial charge < -0.3 is 14.5 Å². The molecular weight excluding hydrogens is 284 g/mol. The first-order chi connectivity index (χ1) is 9.42. The van der Waals surface area contributed by atoms with E-state index in [-0.39, 0.29) is 23.2 Å². The number of rotatable bonds is 3. The van der Waals surface area contributed by atoms with Crippen molar-refractivity contribution in [2.45, 2.75) is 5.75 Å². The highest BCUT2D eigenvalue weighted by Gasteiger charge is 2.16. The zero-order valence-corrected chi connectivity index (χ0v) is 11.2. The number of benzene rings is 1. The minimum Gasteiger partial charge on any atom is -0.334 e. The Bertz CT molecular complexity index is 935. The van der Waals surface area contributed by atoms with Crippen LogP contribution in [-0.4, -0.2) is 34.8 Å². The van der Waals surface area contributed by atoms with E-state index in [1.165, 1.54) is 0 Å². The predicted molar refractivity (Wildman–Crippen MR) is 70.8 cm³/mol. The van der Waals surface area contributed by atoms with Gasteiger partial charge in [0.2, 0.25) is 0 Å². The average Bonchev–Trinajstić information content (AvgIpc) is 2.91. The monoisotopic (exact) mass is 294 g/mol. The van der Waals surface area contributed by atoms with Crippen LogP contribution in [0.15, 0.2) is 27.5 Å². The first-order valence-corrected chi connectivity index (χ1v) is 7.70. The Labute approximate surface area is 112 Å². The molecule has 9 heteroatoms. The minimum absolute atomic E-state index is 0.0809. The molecule has 2 aromatic heterocycles. The van der Waals surface area contributed by atoms with Gasteiger partial charge in [0.25, 0.3) is 5.89 Å². The molecule has 0 saturated carbocycles. The normalized spacial score (nSPS) is 12.1. The fourth-order valence-corrected chi connectivity index (χ4v) is 2.48. The molecule has 3 aromatic rings. The molecule has 0 aliphatic heterocycles. The summed E-state index contributed by atoms with van der Waals surface area (Å²) in [7, 11) is -3.23. The third-order valence-corrected chi connectivity index (χ3v) is 3.42. The lowest BCUT2D eigenvalue weighted by Gasteiger charge is -1.95. The molecule has 0 fully saturated rings. The van der Waals surface area contributed by atoms with Crippen molar-refractivity contribution in [3.63, 3.8) is 0 Å². The van der Waals surface area contributed by atoms with Crippen molar-refractivity contribution in [3.05, 3.63) is 34.5 Å². The molecule has 20 heavy (non-hydrogen) atoms. The highest BCUT2D eigenvalue weighted by molar-refractivity contribution is 7.89. The number of para-hydroxylation sites is 1. The lowest BCUT2D eigenvalue weighted by molar-refractivity contribution is 0.425. The molecule has 0 unspecified atom stereocenters. The van der Waals surface area contributed by atoms with Crippen LogP contribution in [0, 0.1) is 0 Å². The summed E-state index contributed by atoms with van der Waals surface area (Å²) in [6.07, 6.45) is 1.09. The molecule has 0 atom stereocenters. The van der Waals surface area contributed by atoms with Crippen molar-refractivity contribution in [3.8, 4) is 11.5 Å². The maximum atomic E-state index is 11.3. The number of aromatic amines is 2. The Kier molecular flexibility index (Phi) is 2.71. The fourth-order valence-electron chi connectivity index (χ4n) is 1.89. The molecule has 104 valence electrons. The number of aromatic nitrogens is 4. The van der Waals surface area contributed by atoms with E-state index in [0.717, 1.165) is 6.26 Å². The zero-order chi connectivity index (χ0) is 14.3. The molecular formula is C11H10N4O4S. The molecule has 0 aliphatic carbocycles. The van der Waals surface area contributed by atoms with E-state index >= 15 is 0 Å². The number of nitrogens with one attached hydrogen (secondary N) is 2. The van der Waals surface area contributed by atoms with E-state index in [4.69, 9.17) is 4.52 Å². The van der Waals surface area contributed by atoms with E-state index in [1.807, 2.05) is 0 Å². The second kappa shape index (κ2) is 4.30. The summed E-state index contributed by atoms with van der Waals surface area (Å²) in [5, 5.41) is 3.62. The van der Waals surface area contributed by atoms with E-state index < -0.39 is 9.84 Å². The van der Waals surface area contributed by atoms with Gasteiger partial charge in [-0.25, -0.2) is 13.2 Å². The van der Waals surface area contributed by atoms with Crippen LogP contribution in [0.2, 0.25) is 0 Å². The third kappa shape index (κ3) is 2.35. The van der Waals surface area contributed by atoms with Crippen molar-refractivity contribution in [2.75, 3.05) is 6.26 Å². The molecule has 3 rings (SSSR count). The molecule has 0 amide bonds. The highest BCUT2D eigenvalue weighted by Crippen LogP contribution is 2.24. The van der Waals surface area contributed by atoms with E-state index in [9.17, 15) is 13.2 Å². The van der Waals surface area contributed by atoms with Gasteiger partial charge >= 0.3 is 5.69 Å². The van der Waals surface area contributed by atoms with Crippen LogP contribution < -0.4 is 5.69 Å². The summed E-state index contributed by atoms with van der Waals surface area (Å²) < 4.78 is 27.4. The van der Waals surface area contributed by atoms with Crippen LogP contribution in [-0.2, 0) is 15.6 Å². The topological polar surface area (TPSA) is 122 Å². The fraction of sp³-hybridized carbons (Fsp3) is 0.182. The number of H-pyrrole nitrogens is 2. The predicted octanol–water partition coefficient (Wildman–Crippen LogP) is 0.451. The van der Waals surface area contributed by atoms with Crippen LogP contribution >= 0.6 is 0 Å². The largest absolute Gasteiger partial charge is 0.334 e. The molecule has 2 N–H and O–H groups in total. The van der Waals surface area contributed by atoms with Gasteiger partial charge in [-0.2, -0.15) is 4.98 Å². The van der Waals surface area contributed by atoms with Gasteiger partial charge in [-0.1, -0.05) is 11.2 Å². The van der Waals surface area contributed by atoms with Gasteiger partial charge in [0.15, 0.2) is 15.7 Å². The van der Waals surface area contributed by atoms with E-state index in [1.54, 1.807) is 18.2 Å². The summed E-state index contributed by atoms with van der Waals surface area (Å²) in [6.45, 7) is 0. The molecule has 8 nitrogen and oxygen atoms in total. The van der Waals surface area contributed by atoms with Crippen molar-refractivity contribution in [1.29, 1.82) is 0 Å². The van der Waals surface area contributed by atoms with Crippen LogP contribution in [0.1, 0.15) is 5.82 Å². The van der Waals surface area contributed by atoms with Gasteiger partial charge in [0, 0.05) is 6.26 Å². The van der Waals surface area contributed by atoms with Crippen molar-refractivity contribution in [2.24, 2.45) is 0 Å². The Morgan fingerprint density at radius 3 is 2.85 bits per heavy atom. The quantitative estimate of drug-likeness (QED) is 0.723. The smallest absolute Gasteiger partial charge is 0.323 e. The zero-order valence-electron chi connectivity index (χ0n) is 10.4. The number of sulfone groups is 1. The van der Waals surface area contributed by atoms with Crippen molar-refractivity contribution < 1.29 is 12.9 Å². The molecule has 0 bridgehead atoms. The Hall–Kier alpha value is -2.42. The Morgan fingerprint density at radius 2 is 2.10 bits per heavy atom.